The number of likely N-dealkylation sites (tertiary alicyclic amines) is 1. The summed E-state index contributed by atoms with van der Waals surface area (Å²) in [5.74, 6) is 0.796. The molecule has 6 heteroatoms. The van der Waals surface area contributed by atoms with E-state index >= 15 is 0 Å². The zero-order chi connectivity index (χ0) is 21.6. The van der Waals surface area contributed by atoms with E-state index in [9.17, 15) is 9.59 Å². The number of pyridine rings is 1. The van der Waals surface area contributed by atoms with Crippen LogP contribution in [0.5, 0.6) is 5.75 Å². The topological polar surface area (TPSA) is 56.5 Å². The first-order valence-electron chi connectivity index (χ1n) is 10.3. The normalized spacial score (nSPS) is 16.1. The molecule has 1 aromatic carbocycles. The monoisotopic (exact) mass is 407 g/mol. The first-order valence-corrected chi connectivity index (χ1v) is 10.3. The van der Waals surface area contributed by atoms with Gasteiger partial charge in [-0.1, -0.05) is 19.1 Å². The average Bonchev–Trinajstić information content (AvgIpc) is 3.10. The number of aryl methyl sites for hydroxylation is 3. The molecule has 0 aliphatic carbocycles. The van der Waals surface area contributed by atoms with Gasteiger partial charge in [-0.25, -0.2) is 0 Å². The third-order valence-electron chi connectivity index (χ3n) is 6.63. The summed E-state index contributed by atoms with van der Waals surface area (Å²) in [6, 6.07) is 8.20. The fourth-order valence-corrected chi connectivity index (χ4v) is 4.73. The van der Waals surface area contributed by atoms with E-state index in [2.05, 4.69) is 19.1 Å². The molecule has 1 amide bonds. The standard InChI is InChI=1S/C24H29N3O3/c1-16-14-26(4)23(29)20-19(15-25(3)21(16)20)22(28)27-11-9-24(2,10-12-27)17-7-6-8-18(13-17)30-5/h6-8,13-15H,9-12H2,1-5H3. The van der Waals surface area contributed by atoms with E-state index in [1.165, 1.54) is 5.56 Å². The second-order valence-corrected chi connectivity index (χ2v) is 8.69. The van der Waals surface area contributed by atoms with Crippen molar-refractivity contribution in [2.24, 2.45) is 14.1 Å². The second kappa shape index (κ2) is 7.35. The molecule has 1 aliphatic heterocycles. The Morgan fingerprint density at radius 3 is 2.47 bits per heavy atom. The van der Waals surface area contributed by atoms with Crippen molar-refractivity contribution < 1.29 is 9.53 Å². The first kappa shape index (κ1) is 20.3. The molecule has 4 rings (SSSR count). The molecule has 0 radical (unpaired) electrons. The van der Waals surface area contributed by atoms with Gasteiger partial charge in [0.05, 0.1) is 23.6 Å². The van der Waals surface area contributed by atoms with Gasteiger partial charge < -0.3 is 18.8 Å². The second-order valence-electron chi connectivity index (χ2n) is 8.69. The quantitative estimate of drug-likeness (QED) is 0.669. The largest absolute Gasteiger partial charge is 0.497 e. The predicted octanol–water partition coefficient (Wildman–Crippen LogP) is 3.39. The lowest BCUT2D eigenvalue weighted by Gasteiger charge is -2.40. The van der Waals surface area contributed by atoms with Gasteiger partial charge in [0.1, 0.15) is 5.75 Å². The van der Waals surface area contributed by atoms with E-state index in [1.807, 2.05) is 41.8 Å². The molecule has 1 saturated heterocycles. The van der Waals surface area contributed by atoms with E-state index in [4.69, 9.17) is 4.74 Å². The van der Waals surface area contributed by atoms with Gasteiger partial charge in [0.15, 0.2) is 0 Å². The summed E-state index contributed by atoms with van der Waals surface area (Å²) in [6.07, 6.45) is 5.36. The van der Waals surface area contributed by atoms with Crippen LogP contribution in [0.1, 0.15) is 41.3 Å². The third-order valence-corrected chi connectivity index (χ3v) is 6.63. The summed E-state index contributed by atoms with van der Waals surface area (Å²) < 4.78 is 8.84. The van der Waals surface area contributed by atoms with Crippen molar-refractivity contribution in [1.29, 1.82) is 0 Å². The number of carbonyl (C=O) groups excluding carboxylic acids is 1. The van der Waals surface area contributed by atoms with Crippen LogP contribution in [0, 0.1) is 6.92 Å². The number of amides is 1. The average molecular weight is 408 g/mol. The first-order chi connectivity index (χ1) is 14.2. The molecule has 0 spiro atoms. The van der Waals surface area contributed by atoms with Crippen LogP contribution in [-0.4, -0.2) is 40.1 Å². The predicted molar refractivity (Wildman–Crippen MR) is 118 cm³/mol. The highest BCUT2D eigenvalue weighted by molar-refractivity contribution is 6.07. The van der Waals surface area contributed by atoms with Crippen LogP contribution in [0.3, 0.4) is 0 Å². The van der Waals surface area contributed by atoms with Crippen molar-refractivity contribution in [2.45, 2.75) is 32.1 Å². The molecule has 0 atom stereocenters. The Balaban J connectivity index is 1.62. The highest BCUT2D eigenvalue weighted by atomic mass is 16.5. The molecule has 0 N–H and O–H groups in total. The Kier molecular flexibility index (Phi) is 4.96. The minimum Gasteiger partial charge on any atom is -0.497 e. The van der Waals surface area contributed by atoms with Crippen molar-refractivity contribution in [1.82, 2.24) is 14.0 Å². The van der Waals surface area contributed by atoms with Gasteiger partial charge in [-0.05, 0) is 48.4 Å². The van der Waals surface area contributed by atoms with Crippen LogP contribution >= 0.6 is 0 Å². The van der Waals surface area contributed by atoms with Crippen LogP contribution in [0.15, 0.2) is 41.5 Å². The molecule has 0 unspecified atom stereocenters. The van der Waals surface area contributed by atoms with E-state index < -0.39 is 0 Å². The number of ether oxygens (including phenoxy) is 1. The lowest BCUT2D eigenvalue weighted by Crippen LogP contribution is -2.44. The van der Waals surface area contributed by atoms with E-state index in [0.29, 0.717) is 24.0 Å². The van der Waals surface area contributed by atoms with Crippen LogP contribution in [0.25, 0.3) is 10.9 Å². The Morgan fingerprint density at radius 2 is 1.80 bits per heavy atom. The molecule has 0 saturated carbocycles. The molecule has 2 aromatic heterocycles. The van der Waals surface area contributed by atoms with Gasteiger partial charge in [0, 0.05) is 39.6 Å². The fourth-order valence-electron chi connectivity index (χ4n) is 4.73. The molecule has 6 nitrogen and oxygen atoms in total. The van der Waals surface area contributed by atoms with Gasteiger partial charge in [0.2, 0.25) is 0 Å². The molecule has 30 heavy (non-hydrogen) atoms. The molecule has 0 bridgehead atoms. The smallest absolute Gasteiger partial charge is 0.260 e. The maximum absolute atomic E-state index is 13.4. The Bertz CT molecular complexity index is 1180. The maximum atomic E-state index is 13.4. The number of hydrogen-bond acceptors (Lipinski definition) is 3. The number of nitrogens with zero attached hydrogens (tertiary/aromatic N) is 3. The summed E-state index contributed by atoms with van der Waals surface area (Å²) in [6.45, 7) is 5.54. The van der Waals surface area contributed by atoms with Crippen LogP contribution < -0.4 is 10.3 Å². The molecule has 3 aromatic rings. The van der Waals surface area contributed by atoms with Crippen LogP contribution in [0.4, 0.5) is 0 Å². The number of methoxy groups -OCH3 is 1. The van der Waals surface area contributed by atoms with E-state index in [1.54, 1.807) is 24.9 Å². The molecular weight excluding hydrogens is 378 g/mol. The summed E-state index contributed by atoms with van der Waals surface area (Å²) in [5.41, 5.74) is 3.43. The van der Waals surface area contributed by atoms with Crippen LogP contribution in [0.2, 0.25) is 0 Å². The minimum atomic E-state index is -0.127. The zero-order valence-corrected chi connectivity index (χ0v) is 18.4. The number of aromatic nitrogens is 2. The molecule has 158 valence electrons. The van der Waals surface area contributed by atoms with Crippen molar-refractivity contribution >= 4 is 16.8 Å². The van der Waals surface area contributed by atoms with Gasteiger partial charge in [-0.15, -0.1) is 0 Å². The highest BCUT2D eigenvalue weighted by Crippen LogP contribution is 2.37. The number of fused-ring (bicyclic) bond motifs is 1. The number of carbonyl (C=O) groups is 1. The van der Waals surface area contributed by atoms with Crippen LogP contribution in [-0.2, 0) is 19.5 Å². The minimum absolute atomic E-state index is 0.00318. The lowest BCUT2D eigenvalue weighted by atomic mass is 9.74. The molecule has 3 heterocycles. The fraction of sp³-hybridized carbons (Fsp3) is 0.417. The Morgan fingerprint density at radius 1 is 1.10 bits per heavy atom. The van der Waals surface area contributed by atoms with Crippen molar-refractivity contribution in [2.75, 3.05) is 20.2 Å². The summed E-state index contributed by atoms with van der Waals surface area (Å²) >= 11 is 0. The van der Waals surface area contributed by atoms with Crippen molar-refractivity contribution in [3.8, 4) is 5.75 Å². The van der Waals surface area contributed by atoms with Gasteiger partial charge in [-0.2, -0.15) is 0 Å². The summed E-state index contributed by atoms with van der Waals surface area (Å²) in [7, 11) is 5.30. The lowest BCUT2D eigenvalue weighted by molar-refractivity contribution is 0.0677. The number of piperidine rings is 1. The number of benzene rings is 1. The number of hydrogen-bond donors (Lipinski definition) is 0. The zero-order valence-electron chi connectivity index (χ0n) is 18.4. The Labute approximate surface area is 176 Å². The van der Waals surface area contributed by atoms with E-state index in [0.717, 1.165) is 29.7 Å². The SMILES string of the molecule is COc1cccc(C2(C)CCN(C(=O)c3cn(C)c4c(C)cn(C)c(=O)c34)CC2)c1. The summed E-state index contributed by atoms with van der Waals surface area (Å²) in [5, 5.41) is 0.520. The maximum Gasteiger partial charge on any atom is 0.260 e. The highest BCUT2D eigenvalue weighted by Gasteiger charge is 2.35. The van der Waals surface area contributed by atoms with E-state index in [-0.39, 0.29) is 16.9 Å². The molecule has 1 aliphatic rings. The van der Waals surface area contributed by atoms with Crippen molar-refractivity contribution in [3.63, 3.8) is 0 Å². The van der Waals surface area contributed by atoms with Gasteiger partial charge in [-0.3, -0.25) is 9.59 Å². The Hall–Kier alpha value is -3.02. The van der Waals surface area contributed by atoms with Crippen molar-refractivity contribution in [3.05, 3.63) is 63.7 Å². The molecule has 1 fully saturated rings. The number of rotatable bonds is 3. The van der Waals surface area contributed by atoms with Gasteiger partial charge in [0.25, 0.3) is 11.5 Å². The third kappa shape index (κ3) is 3.20. The molecular formula is C24H29N3O3. The van der Waals surface area contributed by atoms with Gasteiger partial charge >= 0.3 is 0 Å². The summed E-state index contributed by atoms with van der Waals surface area (Å²) in [4.78, 5) is 28.1.